The van der Waals surface area contributed by atoms with Gasteiger partial charge in [-0.25, -0.2) is 9.97 Å². The van der Waals surface area contributed by atoms with Gasteiger partial charge in [0, 0.05) is 25.2 Å². The van der Waals surface area contributed by atoms with Crippen LogP contribution in [0.4, 0.5) is 24.9 Å². The highest BCUT2D eigenvalue weighted by Crippen LogP contribution is 2.32. The number of aromatic nitrogens is 3. The van der Waals surface area contributed by atoms with Gasteiger partial charge in [0.25, 0.3) is 5.82 Å². The largest absolute Gasteiger partial charge is 0.481 e. The molecular formula is C16H18ClF3N5O+. The van der Waals surface area contributed by atoms with Crippen LogP contribution in [0.5, 0.6) is 5.88 Å². The molecule has 0 amide bonds. The number of nitrogens with one attached hydrogen (secondary N) is 1. The maximum absolute atomic E-state index is 12.8. The van der Waals surface area contributed by atoms with Gasteiger partial charge in [-0.2, -0.15) is 18.2 Å². The normalized spacial score (nSPS) is 15.7. The smallest absolute Gasteiger partial charge is 0.419 e. The van der Waals surface area contributed by atoms with Gasteiger partial charge in [0.05, 0.1) is 25.8 Å². The number of aromatic amines is 1. The molecule has 0 aromatic carbocycles. The molecule has 0 saturated carbocycles. The van der Waals surface area contributed by atoms with Gasteiger partial charge in [-0.1, -0.05) is 11.6 Å². The molecule has 2 aromatic rings. The van der Waals surface area contributed by atoms with E-state index in [2.05, 4.69) is 15.0 Å². The third-order valence-electron chi connectivity index (χ3n) is 4.12. The quantitative estimate of drug-likeness (QED) is 0.809. The van der Waals surface area contributed by atoms with E-state index in [0.29, 0.717) is 37.3 Å². The zero-order chi connectivity index (χ0) is 18.7. The highest BCUT2D eigenvalue weighted by Gasteiger charge is 2.34. The van der Waals surface area contributed by atoms with Crippen LogP contribution in [-0.2, 0) is 6.18 Å². The third kappa shape index (κ3) is 4.09. The molecule has 1 N–H and O–H groups in total. The van der Waals surface area contributed by atoms with Crippen molar-refractivity contribution < 1.29 is 22.9 Å². The lowest BCUT2D eigenvalue weighted by molar-refractivity contribution is -0.367. The molecule has 0 unspecified atom stereocenters. The molecular weight excluding hydrogens is 371 g/mol. The summed E-state index contributed by atoms with van der Waals surface area (Å²) in [4.78, 5) is 15.2. The number of pyridine rings is 1. The van der Waals surface area contributed by atoms with Crippen LogP contribution in [0, 0.1) is 0 Å². The molecule has 3 heterocycles. The van der Waals surface area contributed by atoms with Crippen molar-refractivity contribution in [1.82, 2.24) is 9.97 Å². The minimum atomic E-state index is -4.43. The topological polar surface area (TPSA) is 55.6 Å². The van der Waals surface area contributed by atoms with E-state index >= 15 is 0 Å². The Hall–Kier alpha value is -2.29. The molecule has 6 nitrogen and oxygen atoms in total. The van der Waals surface area contributed by atoms with Crippen molar-refractivity contribution >= 4 is 23.4 Å². The second-order valence-corrected chi connectivity index (χ2v) is 6.22. The van der Waals surface area contributed by atoms with Crippen LogP contribution >= 0.6 is 11.6 Å². The fourth-order valence-electron chi connectivity index (χ4n) is 2.81. The van der Waals surface area contributed by atoms with Crippen molar-refractivity contribution in [1.29, 1.82) is 0 Å². The minimum absolute atomic E-state index is 0.0471. The summed E-state index contributed by atoms with van der Waals surface area (Å²) in [7, 11) is 1.54. The Bertz CT molecular complexity index is 774. The van der Waals surface area contributed by atoms with Gasteiger partial charge in [-0.3, -0.25) is 4.90 Å². The SMILES string of the molecule is COc1ccnc(N2CCCN(c3[nH+]cc(C(F)(F)F)cc3Cl)CC2)n1. The Morgan fingerprint density at radius 2 is 1.92 bits per heavy atom. The third-order valence-corrected chi connectivity index (χ3v) is 4.41. The molecule has 140 valence electrons. The first-order chi connectivity index (χ1) is 12.4. The Kier molecular flexibility index (Phi) is 5.36. The standard InChI is InChI=1S/C16H17ClF3N5O/c1-26-13-3-4-21-15(23-13)25-6-2-5-24(7-8-25)14-12(17)9-11(10-22-14)16(18,19)20/h3-4,9-10H,2,5-8H2,1H3/p+1. The number of nitrogens with zero attached hydrogens (tertiary/aromatic N) is 4. The van der Waals surface area contributed by atoms with Crippen LogP contribution in [-0.4, -0.2) is 43.3 Å². The molecule has 1 aliphatic heterocycles. The van der Waals surface area contributed by atoms with E-state index in [-0.39, 0.29) is 5.02 Å². The Balaban J connectivity index is 1.74. The van der Waals surface area contributed by atoms with E-state index in [1.54, 1.807) is 19.4 Å². The Morgan fingerprint density at radius 3 is 2.62 bits per heavy atom. The number of hydrogen-bond acceptors (Lipinski definition) is 5. The van der Waals surface area contributed by atoms with Gasteiger partial charge >= 0.3 is 6.18 Å². The van der Waals surface area contributed by atoms with Gasteiger partial charge in [0.2, 0.25) is 11.8 Å². The van der Waals surface area contributed by atoms with Gasteiger partial charge in [-0.15, -0.1) is 0 Å². The van der Waals surface area contributed by atoms with Gasteiger partial charge in [0.1, 0.15) is 17.8 Å². The first-order valence-corrected chi connectivity index (χ1v) is 8.41. The fraction of sp³-hybridized carbons (Fsp3) is 0.438. The van der Waals surface area contributed by atoms with E-state index in [9.17, 15) is 13.2 Å². The lowest BCUT2D eigenvalue weighted by atomic mass is 10.2. The lowest BCUT2D eigenvalue weighted by Gasteiger charge is -2.20. The summed E-state index contributed by atoms with van der Waals surface area (Å²) in [6.07, 6.45) is -1.08. The predicted octanol–water partition coefficient (Wildman–Crippen LogP) is 2.69. The summed E-state index contributed by atoms with van der Waals surface area (Å²) in [5.74, 6) is 1.52. The molecule has 1 aliphatic rings. The van der Waals surface area contributed by atoms with Crippen LogP contribution in [0.15, 0.2) is 24.5 Å². The Labute approximate surface area is 153 Å². The predicted molar refractivity (Wildman–Crippen MR) is 90.6 cm³/mol. The van der Waals surface area contributed by atoms with E-state index in [0.717, 1.165) is 25.2 Å². The number of anilines is 2. The van der Waals surface area contributed by atoms with E-state index in [4.69, 9.17) is 16.3 Å². The monoisotopic (exact) mass is 388 g/mol. The van der Waals surface area contributed by atoms with Crippen molar-refractivity contribution in [3.8, 4) is 5.88 Å². The van der Waals surface area contributed by atoms with Crippen LogP contribution in [0.2, 0.25) is 5.02 Å². The van der Waals surface area contributed by atoms with Gasteiger partial charge in [-0.05, 0) is 6.07 Å². The molecule has 0 radical (unpaired) electrons. The van der Waals surface area contributed by atoms with E-state index < -0.39 is 11.7 Å². The second-order valence-electron chi connectivity index (χ2n) is 5.81. The number of H-pyrrole nitrogens is 1. The number of hydrogen-bond donors (Lipinski definition) is 0. The molecule has 10 heteroatoms. The first kappa shape index (κ1) is 18.5. The fourth-order valence-corrected chi connectivity index (χ4v) is 3.10. The Morgan fingerprint density at radius 1 is 1.19 bits per heavy atom. The number of ether oxygens (including phenoxy) is 1. The molecule has 0 aliphatic carbocycles. The van der Waals surface area contributed by atoms with Crippen LogP contribution < -0.4 is 19.5 Å². The molecule has 2 aromatic heterocycles. The summed E-state index contributed by atoms with van der Waals surface area (Å²) in [5, 5.41) is 0.0471. The minimum Gasteiger partial charge on any atom is -0.481 e. The molecule has 0 bridgehead atoms. The summed E-state index contributed by atoms with van der Waals surface area (Å²) < 4.78 is 43.5. The van der Waals surface area contributed by atoms with Crippen LogP contribution in [0.25, 0.3) is 0 Å². The summed E-state index contributed by atoms with van der Waals surface area (Å²) in [6.45, 7) is 2.56. The highest BCUT2D eigenvalue weighted by atomic mass is 35.5. The summed E-state index contributed by atoms with van der Waals surface area (Å²) in [6, 6.07) is 2.62. The molecule has 0 atom stereocenters. The van der Waals surface area contributed by atoms with Gasteiger partial charge < -0.3 is 9.64 Å². The number of halogens is 4. The molecule has 3 rings (SSSR count). The average Bonchev–Trinajstić information content (AvgIpc) is 2.87. The van der Waals surface area contributed by atoms with Crippen LogP contribution in [0.3, 0.4) is 0 Å². The first-order valence-electron chi connectivity index (χ1n) is 8.04. The molecule has 1 fully saturated rings. The van der Waals surface area contributed by atoms with E-state index in [1.807, 2.05) is 9.80 Å². The highest BCUT2D eigenvalue weighted by molar-refractivity contribution is 6.32. The summed E-state index contributed by atoms with van der Waals surface area (Å²) >= 11 is 6.09. The summed E-state index contributed by atoms with van der Waals surface area (Å²) in [5.41, 5.74) is -0.799. The number of alkyl halides is 3. The second kappa shape index (κ2) is 7.53. The zero-order valence-corrected chi connectivity index (χ0v) is 14.8. The van der Waals surface area contributed by atoms with Crippen molar-refractivity contribution in [2.75, 3.05) is 43.1 Å². The maximum Gasteiger partial charge on any atom is 0.419 e. The van der Waals surface area contributed by atoms with Crippen LogP contribution in [0.1, 0.15) is 12.0 Å². The van der Waals surface area contributed by atoms with Crippen molar-refractivity contribution in [2.45, 2.75) is 12.6 Å². The van der Waals surface area contributed by atoms with Gasteiger partial charge in [0.15, 0.2) is 0 Å². The van der Waals surface area contributed by atoms with Crippen molar-refractivity contribution in [3.63, 3.8) is 0 Å². The number of methoxy groups -OCH3 is 1. The molecule has 26 heavy (non-hydrogen) atoms. The van der Waals surface area contributed by atoms with Crippen molar-refractivity contribution in [2.24, 2.45) is 0 Å². The lowest BCUT2D eigenvalue weighted by Crippen LogP contribution is -2.35. The maximum atomic E-state index is 12.8. The van der Waals surface area contributed by atoms with E-state index in [1.165, 1.54) is 0 Å². The van der Waals surface area contributed by atoms with Crippen molar-refractivity contribution in [3.05, 3.63) is 35.1 Å². The zero-order valence-electron chi connectivity index (χ0n) is 14.1. The molecule has 1 saturated heterocycles. The molecule has 0 spiro atoms. The number of rotatable bonds is 3. The average molecular weight is 389 g/mol.